The van der Waals surface area contributed by atoms with Crippen LogP contribution in [0.4, 0.5) is 23.1 Å². The predicted molar refractivity (Wildman–Crippen MR) is 111 cm³/mol. The molecule has 0 bridgehead atoms. The molecule has 1 fully saturated rings. The molecule has 1 aromatic carbocycles. The summed E-state index contributed by atoms with van der Waals surface area (Å²) in [6, 6.07) is 9.49. The number of ether oxygens (including phenoxy) is 1. The fourth-order valence-electron chi connectivity index (χ4n) is 3.10. The Labute approximate surface area is 165 Å². The normalized spacial score (nSPS) is 15.3. The highest BCUT2D eigenvalue weighted by Gasteiger charge is 2.18. The molecule has 0 radical (unpaired) electrons. The Kier molecular flexibility index (Phi) is 6.65. The third-order valence-electron chi connectivity index (χ3n) is 4.53. The number of benzene rings is 1. The fraction of sp³-hybridized carbons (Fsp3) is 0.450. The Morgan fingerprint density at radius 2 is 1.93 bits per heavy atom. The van der Waals surface area contributed by atoms with Crippen molar-refractivity contribution >= 4 is 29.0 Å². The summed E-state index contributed by atoms with van der Waals surface area (Å²) in [4.78, 5) is 22.6. The van der Waals surface area contributed by atoms with Crippen LogP contribution in [0.15, 0.2) is 36.5 Å². The lowest BCUT2D eigenvalue weighted by atomic mass is 10.0. The monoisotopic (exact) mass is 384 g/mol. The van der Waals surface area contributed by atoms with Crippen molar-refractivity contribution in [1.82, 2.24) is 9.97 Å². The second-order valence-corrected chi connectivity index (χ2v) is 7.27. The molecule has 2 heterocycles. The molecular formula is C20H28N6O2. The third kappa shape index (κ3) is 5.56. The van der Waals surface area contributed by atoms with E-state index < -0.39 is 11.9 Å². The first-order chi connectivity index (χ1) is 13.5. The zero-order valence-corrected chi connectivity index (χ0v) is 16.4. The quantitative estimate of drug-likeness (QED) is 0.641. The second kappa shape index (κ2) is 9.36. The van der Waals surface area contributed by atoms with Crippen LogP contribution in [0.5, 0.6) is 0 Å². The minimum absolute atomic E-state index is 0.330. The SMILES string of the molecule is CC(C)C[C@@H](Nc1nccc(Nc2ccc(N3CCOCC3)cc2)n1)C(N)=O. The molecule has 3 rings (SSSR count). The summed E-state index contributed by atoms with van der Waals surface area (Å²) in [5.74, 6) is 0.939. The number of aromatic nitrogens is 2. The summed E-state index contributed by atoms with van der Waals surface area (Å²) in [6.07, 6.45) is 2.27. The summed E-state index contributed by atoms with van der Waals surface area (Å²) in [5.41, 5.74) is 7.59. The van der Waals surface area contributed by atoms with Crippen LogP contribution < -0.4 is 21.3 Å². The lowest BCUT2D eigenvalue weighted by Gasteiger charge is -2.28. The molecule has 8 nitrogen and oxygen atoms in total. The number of hydrogen-bond donors (Lipinski definition) is 3. The predicted octanol–water partition coefficient (Wildman–Crippen LogP) is 2.37. The van der Waals surface area contributed by atoms with Crippen molar-refractivity contribution in [3.05, 3.63) is 36.5 Å². The van der Waals surface area contributed by atoms with E-state index in [-0.39, 0.29) is 0 Å². The highest BCUT2D eigenvalue weighted by atomic mass is 16.5. The van der Waals surface area contributed by atoms with Crippen LogP contribution >= 0.6 is 0 Å². The molecule has 4 N–H and O–H groups in total. The van der Waals surface area contributed by atoms with Gasteiger partial charge in [-0.1, -0.05) is 13.8 Å². The molecule has 8 heteroatoms. The highest BCUT2D eigenvalue weighted by molar-refractivity contribution is 5.82. The van der Waals surface area contributed by atoms with Crippen molar-refractivity contribution in [1.29, 1.82) is 0 Å². The van der Waals surface area contributed by atoms with Gasteiger partial charge in [-0.25, -0.2) is 4.98 Å². The van der Waals surface area contributed by atoms with Gasteiger partial charge in [0.05, 0.1) is 13.2 Å². The van der Waals surface area contributed by atoms with Crippen LogP contribution in [0.2, 0.25) is 0 Å². The van der Waals surface area contributed by atoms with Gasteiger partial charge in [-0.15, -0.1) is 0 Å². The van der Waals surface area contributed by atoms with Gasteiger partial charge in [0.25, 0.3) is 0 Å². The molecule has 1 aromatic heterocycles. The van der Waals surface area contributed by atoms with E-state index in [9.17, 15) is 4.79 Å². The average molecular weight is 384 g/mol. The molecule has 1 amide bonds. The summed E-state index contributed by atoms with van der Waals surface area (Å²) in [7, 11) is 0. The third-order valence-corrected chi connectivity index (χ3v) is 4.53. The Hall–Kier alpha value is -2.87. The molecule has 1 aliphatic rings. The van der Waals surface area contributed by atoms with Crippen molar-refractivity contribution in [3.8, 4) is 0 Å². The van der Waals surface area contributed by atoms with E-state index >= 15 is 0 Å². The number of hydrogen-bond acceptors (Lipinski definition) is 7. The number of nitrogens with one attached hydrogen (secondary N) is 2. The number of anilines is 4. The highest BCUT2D eigenvalue weighted by Crippen LogP contribution is 2.21. The van der Waals surface area contributed by atoms with Crippen molar-refractivity contribution in [2.75, 3.05) is 41.8 Å². The maximum absolute atomic E-state index is 11.7. The molecule has 0 aliphatic carbocycles. The first kappa shape index (κ1) is 19.9. The number of primary amides is 1. The van der Waals surface area contributed by atoms with Gasteiger partial charge in [0.15, 0.2) is 0 Å². The maximum Gasteiger partial charge on any atom is 0.240 e. The molecule has 0 unspecified atom stereocenters. The average Bonchev–Trinajstić information content (AvgIpc) is 2.69. The lowest BCUT2D eigenvalue weighted by molar-refractivity contribution is -0.119. The summed E-state index contributed by atoms with van der Waals surface area (Å²) < 4.78 is 5.40. The van der Waals surface area contributed by atoms with Gasteiger partial charge in [0.1, 0.15) is 11.9 Å². The van der Waals surface area contributed by atoms with Gasteiger partial charge in [-0.05, 0) is 42.7 Å². The van der Waals surface area contributed by atoms with Gasteiger partial charge < -0.3 is 26.0 Å². The smallest absolute Gasteiger partial charge is 0.240 e. The van der Waals surface area contributed by atoms with Crippen LogP contribution in [0.25, 0.3) is 0 Å². The molecule has 150 valence electrons. The molecule has 2 aromatic rings. The van der Waals surface area contributed by atoms with Crippen LogP contribution in [-0.4, -0.2) is 48.2 Å². The van der Waals surface area contributed by atoms with E-state index in [0.29, 0.717) is 24.1 Å². The molecule has 28 heavy (non-hydrogen) atoms. The number of carbonyl (C=O) groups is 1. The Morgan fingerprint density at radius 3 is 2.57 bits per heavy atom. The minimum Gasteiger partial charge on any atom is -0.378 e. The molecule has 1 aliphatic heterocycles. The number of amides is 1. The summed E-state index contributed by atoms with van der Waals surface area (Å²) in [5, 5.41) is 6.30. The van der Waals surface area contributed by atoms with Crippen LogP contribution in [0, 0.1) is 5.92 Å². The minimum atomic E-state index is -0.497. The van der Waals surface area contributed by atoms with E-state index in [2.05, 4.69) is 37.6 Å². The van der Waals surface area contributed by atoms with Crippen LogP contribution in [-0.2, 0) is 9.53 Å². The number of morpholine rings is 1. The molecular weight excluding hydrogens is 356 g/mol. The van der Waals surface area contributed by atoms with E-state index in [1.165, 1.54) is 5.69 Å². The summed E-state index contributed by atoms with van der Waals surface area (Å²) >= 11 is 0. The number of carbonyl (C=O) groups excluding carboxylic acids is 1. The number of rotatable bonds is 8. The standard InChI is InChI=1S/C20H28N6O2/c1-14(2)13-17(19(21)27)24-20-22-8-7-18(25-20)23-15-3-5-16(6-4-15)26-9-11-28-12-10-26/h3-8,14,17H,9-13H2,1-2H3,(H2,21,27)(H2,22,23,24,25)/t17-/m1/s1. The largest absolute Gasteiger partial charge is 0.378 e. The van der Waals surface area contributed by atoms with Crippen molar-refractivity contribution < 1.29 is 9.53 Å². The fourth-order valence-corrected chi connectivity index (χ4v) is 3.10. The number of nitrogens with two attached hydrogens (primary N) is 1. The molecule has 1 saturated heterocycles. The first-order valence-electron chi connectivity index (χ1n) is 9.60. The number of nitrogens with zero attached hydrogens (tertiary/aromatic N) is 3. The Bertz CT molecular complexity index is 775. The maximum atomic E-state index is 11.7. The zero-order chi connectivity index (χ0) is 19.9. The van der Waals surface area contributed by atoms with E-state index in [4.69, 9.17) is 10.5 Å². The van der Waals surface area contributed by atoms with Gasteiger partial charge >= 0.3 is 0 Å². The summed E-state index contributed by atoms with van der Waals surface area (Å²) in [6.45, 7) is 7.42. The molecule has 1 atom stereocenters. The first-order valence-corrected chi connectivity index (χ1v) is 9.60. The van der Waals surface area contributed by atoms with E-state index in [1.807, 2.05) is 26.0 Å². The zero-order valence-electron chi connectivity index (χ0n) is 16.4. The van der Waals surface area contributed by atoms with Gasteiger partial charge in [0, 0.05) is 30.7 Å². The Morgan fingerprint density at radius 1 is 1.21 bits per heavy atom. The van der Waals surface area contributed by atoms with Crippen molar-refractivity contribution in [2.24, 2.45) is 11.7 Å². The molecule has 0 spiro atoms. The van der Waals surface area contributed by atoms with Crippen molar-refractivity contribution in [3.63, 3.8) is 0 Å². The van der Waals surface area contributed by atoms with Gasteiger partial charge in [-0.3, -0.25) is 4.79 Å². The molecule has 0 saturated carbocycles. The van der Waals surface area contributed by atoms with Crippen LogP contribution in [0.3, 0.4) is 0 Å². The van der Waals surface area contributed by atoms with Gasteiger partial charge in [-0.2, -0.15) is 4.98 Å². The van der Waals surface area contributed by atoms with Gasteiger partial charge in [0.2, 0.25) is 11.9 Å². The van der Waals surface area contributed by atoms with E-state index in [0.717, 1.165) is 32.0 Å². The second-order valence-electron chi connectivity index (χ2n) is 7.27. The Balaban J connectivity index is 1.64. The topological polar surface area (TPSA) is 105 Å². The lowest BCUT2D eigenvalue weighted by Crippen LogP contribution is -2.37. The van der Waals surface area contributed by atoms with E-state index in [1.54, 1.807) is 12.3 Å². The van der Waals surface area contributed by atoms with Crippen LogP contribution in [0.1, 0.15) is 20.3 Å². The van der Waals surface area contributed by atoms with Crippen molar-refractivity contribution in [2.45, 2.75) is 26.3 Å².